The van der Waals surface area contributed by atoms with Crippen molar-refractivity contribution in [1.82, 2.24) is 5.32 Å². The Balaban J connectivity index is 2.07. The Hall–Kier alpha value is -1.87. The topological polar surface area (TPSA) is 71.4 Å². The zero-order valence-electron chi connectivity index (χ0n) is 12.8. The van der Waals surface area contributed by atoms with Crippen LogP contribution in [0.2, 0.25) is 0 Å². The van der Waals surface area contributed by atoms with Crippen LogP contribution in [0, 0.1) is 17.2 Å². The van der Waals surface area contributed by atoms with Gasteiger partial charge in [-0.2, -0.15) is 5.26 Å². The number of rotatable bonds is 6. The number of nitrogens with one attached hydrogen (secondary N) is 1. The number of fused-ring (bicyclic) bond motifs is 1. The standard InChI is InChI=1S/C16H20N2O3S/c1-11(2)16(18-15(19)10-22-8-5-17)12-3-4-13-14(9-12)21-7-6-20-13/h3-4,9,11,16H,6-8,10H2,1-2H3,(H,18,19)/t16-/m0/s1. The quantitative estimate of drug-likeness (QED) is 0.816. The number of hydrogen-bond donors (Lipinski definition) is 1. The maximum Gasteiger partial charge on any atom is 0.230 e. The fourth-order valence-electron chi connectivity index (χ4n) is 2.29. The molecule has 118 valence electrons. The molecule has 0 aromatic heterocycles. The van der Waals surface area contributed by atoms with E-state index in [1.165, 1.54) is 11.8 Å². The summed E-state index contributed by atoms with van der Waals surface area (Å²) in [6.07, 6.45) is 0. The molecule has 1 aromatic rings. The van der Waals surface area contributed by atoms with Crippen molar-refractivity contribution in [2.24, 2.45) is 5.92 Å². The van der Waals surface area contributed by atoms with Gasteiger partial charge in [0.25, 0.3) is 0 Å². The summed E-state index contributed by atoms with van der Waals surface area (Å²) in [5.41, 5.74) is 0.998. The van der Waals surface area contributed by atoms with Gasteiger partial charge in [0.2, 0.25) is 5.91 Å². The normalized spacial score (nSPS) is 14.3. The van der Waals surface area contributed by atoms with E-state index in [-0.39, 0.29) is 17.9 Å². The first kappa shape index (κ1) is 16.5. The molecule has 0 radical (unpaired) electrons. The smallest absolute Gasteiger partial charge is 0.230 e. The Morgan fingerprint density at radius 3 is 2.77 bits per heavy atom. The van der Waals surface area contributed by atoms with Crippen LogP contribution in [0.5, 0.6) is 11.5 Å². The van der Waals surface area contributed by atoms with E-state index >= 15 is 0 Å². The minimum absolute atomic E-state index is 0.0613. The third-order valence-electron chi connectivity index (χ3n) is 3.31. The molecule has 1 atom stereocenters. The molecule has 0 fully saturated rings. The second-order valence-corrected chi connectivity index (χ2v) is 6.33. The van der Waals surface area contributed by atoms with E-state index in [4.69, 9.17) is 14.7 Å². The summed E-state index contributed by atoms with van der Waals surface area (Å²) in [6, 6.07) is 7.70. The minimum atomic E-state index is -0.0917. The highest BCUT2D eigenvalue weighted by Gasteiger charge is 2.21. The van der Waals surface area contributed by atoms with Gasteiger partial charge in [0.05, 0.1) is 23.6 Å². The number of amides is 1. The van der Waals surface area contributed by atoms with Crippen molar-refractivity contribution in [2.75, 3.05) is 24.7 Å². The maximum absolute atomic E-state index is 12.0. The second-order valence-electron chi connectivity index (χ2n) is 5.34. The number of benzene rings is 1. The van der Waals surface area contributed by atoms with Gasteiger partial charge in [-0.05, 0) is 23.6 Å². The SMILES string of the molecule is CC(C)[C@H](NC(=O)CSCC#N)c1ccc2c(c1)OCCO2. The Labute approximate surface area is 135 Å². The van der Waals surface area contributed by atoms with E-state index in [1.54, 1.807) is 0 Å². The molecular formula is C16H20N2O3S. The van der Waals surface area contributed by atoms with E-state index in [0.29, 0.717) is 24.7 Å². The summed E-state index contributed by atoms with van der Waals surface area (Å²) < 4.78 is 11.1. The molecule has 0 unspecified atom stereocenters. The van der Waals surface area contributed by atoms with Gasteiger partial charge in [0.1, 0.15) is 13.2 Å². The Kier molecular flexibility index (Phi) is 5.96. The first-order valence-corrected chi connectivity index (χ1v) is 8.41. The highest BCUT2D eigenvalue weighted by Crippen LogP contribution is 2.34. The fraction of sp³-hybridized carbons (Fsp3) is 0.500. The van der Waals surface area contributed by atoms with Crippen LogP contribution in [0.25, 0.3) is 0 Å². The van der Waals surface area contributed by atoms with Gasteiger partial charge < -0.3 is 14.8 Å². The highest BCUT2D eigenvalue weighted by atomic mass is 32.2. The Bertz CT molecular complexity index is 569. The molecule has 1 amide bonds. The van der Waals surface area contributed by atoms with Crippen LogP contribution in [0.4, 0.5) is 0 Å². The summed E-state index contributed by atoms with van der Waals surface area (Å²) in [6.45, 7) is 5.22. The summed E-state index contributed by atoms with van der Waals surface area (Å²) >= 11 is 1.32. The van der Waals surface area contributed by atoms with Crippen LogP contribution in [0.3, 0.4) is 0 Å². The monoisotopic (exact) mass is 320 g/mol. The molecule has 5 nitrogen and oxygen atoms in total. The molecule has 0 saturated heterocycles. The Morgan fingerprint density at radius 1 is 1.36 bits per heavy atom. The van der Waals surface area contributed by atoms with E-state index in [0.717, 1.165) is 17.1 Å². The summed E-state index contributed by atoms with van der Waals surface area (Å²) in [5, 5.41) is 11.5. The van der Waals surface area contributed by atoms with Crippen LogP contribution >= 0.6 is 11.8 Å². The van der Waals surface area contributed by atoms with Crippen molar-refractivity contribution in [3.8, 4) is 17.6 Å². The lowest BCUT2D eigenvalue weighted by Gasteiger charge is -2.25. The molecule has 1 aliphatic heterocycles. The second kappa shape index (κ2) is 7.95. The van der Waals surface area contributed by atoms with Crippen molar-refractivity contribution in [1.29, 1.82) is 5.26 Å². The number of carbonyl (C=O) groups is 1. The van der Waals surface area contributed by atoms with Gasteiger partial charge in [-0.25, -0.2) is 0 Å². The highest BCUT2D eigenvalue weighted by molar-refractivity contribution is 8.00. The maximum atomic E-state index is 12.0. The van der Waals surface area contributed by atoms with Crippen LogP contribution < -0.4 is 14.8 Å². The molecule has 0 aliphatic carbocycles. The van der Waals surface area contributed by atoms with Crippen molar-refractivity contribution in [3.05, 3.63) is 23.8 Å². The van der Waals surface area contributed by atoms with Crippen molar-refractivity contribution in [3.63, 3.8) is 0 Å². The molecular weight excluding hydrogens is 300 g/mol. The number of ether oxygens (including phenoxy) is 2. The van der Waals surface area contributed by atoms with Crippen molar-refractivity contribution < 1.29 is 14.3 Å². The molecule has 0 saturated carbocycles. The predicted molar refractivity (Wildman–Crippen MR) is 86.1 cm³/mol. The zero-order chi connectivity index (χ0) is 15.9. The lowest BCUT2D eigenvalue weighted by Crippen LogP contribution is -2.33. The lowest BCUT2D eigenvalue weighted by atomic mass is 9.95. The number of thioether (sulfide) groups is 1. The van der Waals surface area contributed by atoms with E-state index in [1.807, 2.05) is 24.3 Å². The third kappa shape index (κ3) is 4.31. The minimum Gasteiger partial charge on any atom is -0.486 e. The predicted octanol–water partition coefficient (Wildman–Crippen LogP) is 2.53. The van der Waals surface area contributed by atoms with Gasteiger partial charge in [-0.3, -0.25) is 4.79 Å². The molecule has 22 heavy (non-hydrogen) atoms. The summed E-state index contributed by atoms with van der Waals surface area (Å²) in [5.74, 6) is 2.27. The molecule has 0 bridgehead atoms. The molecule has 6 heteroatoms. The average molecular weight is 320 g/mol. The fourth-order valence-corrected chi connectivity index (χ4v) is 2.75. The van der Waals surface area contributed by atoms with Crippen LogP contribution in [0.15, 0.2) is 18.2 Å². The zero-order valence-corrected chi connectivity index (χ0v) is 13.6. The van der Waals surface area contributed by atoms with Crippen LogP contribution in [-0.4, -0.2) is 30.6 Å². The van der Waals surface area contributed by atoms with E-state index in [9.17, 15) is 4.79 Å². The number of carbonyl (C=O) groups excluding carboxylic acids is 1. The van der Waals surface area contributed by atoms with E-state index in [2.05, 4.69) is 19.2 Å². The largest absolute Gasteiger partial charge is 0.486 e. The van der Waals surface area contributed by atoms with E-state index < -0.39 is 0 Å². The Morgan fingerprint density at radius 2 is 2.09 bits per heavy atom. The van der Waals surface area contributed by atoms with Crippen LogP contribution in [-0.2, 0) is 4.79 Å². The van der Waals surface area contributed by atoms with Gasteiger partial charge in [0, 0.05) is 0 Å². The summed E-state index contributed by atoms with van der Waals surface area (Å²) in [4.78, 5) is 12.0. The third-order valence-corrected chi connectivity index (χ3v) is 4.11. The number of nitrogens with zero attached hydrogens (tertiary/aromatic N) is 1. The molecule has 2 rings (SSSR count). The van der Waals surface area contributed by atoms with Gasteiger partial charge in [-0.15, -0.1) is 11.8 Å². The molecule has 1 aliphatic rings. The lowest BCUT2D eigenvalue weighted by molar-refractivity contribution is -0.119. The number of hydrogen-bond acceptors (Lipinski definition) is 5. The first-order valence-electron chi connectivity index (χ1n) is 7.25. The average Bonchev–Trinajstić information content (AvgIpc) is 2.52. The first-order chi connectivity index (χ1) is 10.6. The van der Waals surface area contributed by atoms with Crippen LogP contribution in [0.1, 0.15) is 25.5 Å². The summed E-state index contributed by atoms with van der Waals surface area (Å²) in [7, 11) is 0. The van der Waals surface area contributed by atoms with Crippen molar-refractivity contribution in [2.45, 2.75) is 19.9 Å². The number of nitriles is 1. The van der Waals surface area contributed by atoms with Crippen molar-refractivity contribution >= 4 is 17.7 Å². The molecule has 1 aromatic carbocycles. The van der Waals surface area contributed by atoms with Gasteiger partial charge in [-0.1, -0.05) is 19.9 Å². The van der Waals surface area contributed by atoms with Gasteiger partial charge in [0.15, 0.2) is 11.5 Å². The molecule has 1 N–H and O–H groups in total. The molecule has 0 spiro atoms. The van der Waals surface area contributed by atoms with Gasteiger partial charge >= 0.3 is 0 Å². The molecule has 1 heterocycles.